The van der Waals surface area contributed by atoms with Crippen molar-refractivity contribution in [3.8, 4) is 5.75 Å². The lowest BCUT2D eigenvalue weighted by Gasteiger charge is -2.21. The predicted octanol–water partition coefficient (Wildman–Crippen LogP) is 1.02. The van der Waals surface area contributed by atoms with Gasteiger partial charge >= 0.3 is 0 Å². The first-order valence-electron chi connectivity index (χ1n) is 4.76. The van der Waals surface area contributed by atoms with Crippen LogP contribution in [0.2, 0.25) is 0 Å². The summed E-state index contributed by atoms with van der Waals surface area (Å²) in [4.78, 5) is 1.86. The summed E-state index contributed by atoms with van der Waals surface area (Å²) in [6, 6.07) is 6.07. The molecule has 5 nitrogen and oxygen atoms in total. The summed E-state index contributed by atoms with van der Waals surface area (Å²) in [6.45, 7) is 5.75. The Morgan fingerprint density at radius 3 is 2.06 bits per heavy atom. The van der Waals surface area contributed by atoms with Crippen molar-refractivity contribution < 1.29 is 13.2 Å². The third kappa shape index (κ3) is 3.48. The monoisotopic (exact) mass is 244 g/mol. The van der Waals surface area contributed by atoms with Crippen molar-refractivity contribution in [1.29, 1.82) is 0 Å². The molecule has 0 radical (unpaired) electrons. The molecule has 1 aromatic carbocycles. The van der Waals surface area contributed by atoms with Crippen molar-refractivity contribution >= 4 is 10.0 Å². The average molecular weight is 244 g/mol. The van der Waals surface area contributed by atoms with Crippen LogP contribution >= 0.6 is 0 Å². The van der Waals surface area contributed by atoms with Gasteiger partial charge in [-0.3, -0.25) is 5.84 Å². The topological polar surface area (TPSA) is 81.4 Å². The first kappa shape index (κ1) is 13.0. The maximum atomic E-state index is 11.3. The van der Waals surface area contributed by atoms with E-state index in [4.69, 9.17) is 10.6 Å². The highest BCUT2D eigenvalue weighted by molar-refractivity contribution is 7.89. The molecule has 0 spiro atoms. The molecule has 0 saturated carbocycles. The highest BCUT2D eigenvalue weighted by Gasteiger charge is 2.14. The molecule has 0 amide bonds. The van der Waals surface area contributed by atoms with Crippen LogP contribution in [0.4, 0.5) is 0 Å². The third-order valence-electron chi connectivity index (χ3n) is 1.71. The Balaban J connectivity index is 2.93. The first-order valence-corrected chi connectivity index (χ1v) is 6.24. The number of nitrogens with one attached hydrogen (secondary N) is 1. The van der Waals surface area contributed by atoms with Gasteiger partial charge in [0.15, 0.2) is 0 Å². The van der Waals surface area contributed by atoms with Crippen molar-refractivity contribution in [1.82, 2.24) is 4.83 Å². The fourth-order valence-corrected chi connectivity index (χ4v) is 1.74. The van der Waals surface area contributed by atoms with Gasteiger partial charge in [0.25, 0.3) is 10.0 Å². The summed E-state index contributed by atoms with van der Waals surface area (Å²) in [5.41, 5.74) is -0.313. The van der Waals surface area contributed by atoms with Gasteiger partial charge in [0.05, 0.1) is 4.90 Å². The molecular weight excluding hydrogens is 228 g/mol. The molecular formula is C10H16N2O3S. The molecule has 0 saturated heterocycles. The molecule has 0 aliphatic heterocycles. The summed E-state index contributed by atoms with van der Waals surface area (Å²) < 4.78 is 28.2. The maximum absolute atomic E-state index is 11.3. The molecule has 0 unspecified atom stereocenters. The number of nitrogens with two attached hydrogens (primary N) is 1. The Hall–Kier alpha value is -1.11. The Morgan fingerprint density at radius 1 is 1.19 bits per heavy atom. The van der Waals surface area contributed by atoms with Crippen LogP contribution in [0.3, 0.4) is 0 Å². The van der Waals surface area contributed by atoms with E-state index in [2.05, 4.69) is 0 Å². The fourth-order valence-electron chi connectivity index (χ4n) is 1.11. The summed E-state index contributed by atoms with van der Waals surface area (Å²) in [6.07, 6.45) is 0. The van der Waals surface area contributed by atoms with Gasteiger partial charge in [0.1, 0.15) is 11.4 Å². The van der Waals surface area contributed by atoms with E-state index >= 15 is 0 Å². The summed E-state index contributed by atoms with van der Waals surface area (Å²) >= 11 is 0. The van der Waals surface area contributed by atoms with Gasteiger partial charge in [0, 0.05) is 0 Å². The van der Waals surface area contributed by atoms with Gasteiger partial charge in [0.2, 0.25) is 0 Å². The molecule has 1 aromatic rings. The third-order valence-corrected chi connectivity index (χ3v) is 2.92. The van der Waals surface area contributed by atoms with Crippen molar-refractivity contribution in [2.45, 2.75) is 31.3 Å². The maximum Gasteiger partial charge on any atom is 0.253 e. The van der Waals surface area contributed by atoms with Crippen LogP contribution in [0.1, 0.15) is 20.8 Å². The van der Waals surface area contributed by atoms with Crippen LogP contribution in [0, 0.1) is 0 Å². The van der Waals surface area contributed by atoms with Crippen LogP contribution in [0.5, 0.6) is 5.75 Å². The molecule has 6 heteroatoms. The van der Waals surface area contributed by atoms with Gasteiger partial charge in [-0.2, -0.15) is 4.83 Å². The van der Waals surface area contributed by atoms with Crippen molar-refractivity contribution in [3.63, 3.8) is 0 Å². The quantitative estimate of drug-likeness (QED) is 0.614. The number of hydrogen-bond donors (Lipinski definition) is 2. The van der Waals surface area contributed by atoms with Gasteiger partial charge in [-0.25, -0.2) is 8.42 Å². The van der Waals surface area contributed by atoms with E-state index in [1.54, 1.807) is 17.0 Å². The zero-order valence-electron chi connectivity index (χ0n) is 9.52. The van der Waals surface area contributed by atoms with Crippen molar-refractivity contribution in [2.75, 3.05) is 0 Å². The Bertz CT molecular complexity index is 446. The molecule has 0 heterocycles. The highest BCUT2D eigenvalue weighted by atomic mass is 32.2. The van der Waals surface area contributed by atoms with Crippen molar-refractivity contribution in [3.05, 3.63) is 24.3 Å². The average Bonchev–Trinajstić information content (AvgIpc) is 2.16. The van der Waals surface area contributed by atoms with E-state index in [1.807, 2.05) is 20.8 Å². The van der Waals surface area contributed by atoms with E-state index in [0.29, 0.717) is 5.75 Å². The summed E-state index contributed by atoms with van der Waals surface area (Å²) in [5.74, 6) is 5.52. The normalized spacial score (nSPS) is 12.5. The fraction of sp³-hybridized carbons (Fsp3) is 0.400. The highest BCUT2D eigenvalue weighted by Crippen LogP contribution is 2.19. The molecule has 3 N–H and O–H groups in total. The molecule has 0 aliphatic rings. The van der Waals surface area contributed by atoms with E-state index < -0.39 is 10.0 Å². The van der Waals surface area contributed by atoms with E-state index in [0.717, 1.165) is 0 Å². The minimum absolute atomic E-state index is 0.108. The second kappa shape index (κ2) is 4.40. The summed E-state index contributed by atoms with van der Waals surface area (Å²) in [5, 5.41) is 0. The van der Waals surface area contributed by atoms with Gasteiger partial charge in [-0.15, -0.1) is 0 Å². The van der Waals surface area contributed by atoms with Gasteiger partial charge in [-0.1, -0.05) is 0 Å². The Labute approximate surface area is 95.6 Å². The lowest BCUT2D eigenvalue weighted by atomic mass is 10.2. The Morgan fingerprint density at radius 2 is 1.69 bits per heavy atom. The van der Waals surface area contributed by atoms with E-state index in [-0.39, 0.29) is 10.5 Å². The number of ether oxygens (including phenoxy) is 1. The predicted molar refractivity (Wildman–Crippen MR) is 61.3 cm³/mol. The second-order valence-corrected chi connectivity index (χ2v) is 6.02. The van der Waals surface area contributed by atoms with Gasteiger partial charge < -0.3 is 4.74 Å². The molecule has 0 aromatic heterocycles. The lowest BCUT2D eigenvalue weighted by Crippen LogP contribution is -2.30. The van der Waals surface area contributed by atoms with E-state index in [9.17, 15) is 8.42 Å². The molecule has 16 heavy (non-hydrogen) atoms. The standard InChI is InChI=1S/C10H16N2O3S/c1-10(2,3)15-8-4-6-9(7-5-8)16(13,14)12-11/h4-7,12H,11H2,1-3H3. The number of hydrazine groups is 1. The first-order chi connectivity index (χ1) is 7.24. The molecule has 90 valence electrons. The van der Waals surface area contributed by atoms with Crippen LogP contribution in [0.25, 0.3) is 0 Å². The largest absolute Gasteiger partial charge is 0.488 e. The minimum atomic E-state index is -3.59. The Kier molecular flexibility index (Phi) is 3.57. The van der Waals surface area contributed by atoms with Gasteiger partial charge in [-0.05, 0) is 45.0 Å². The molecule has 1 rings (SSSR count). The number of sulfonamides is 1. The van der Waals surface area contributed by atoms with Crippen molar-refractivity contribution in [2.24, 2.45) is 5.84 Å². The van der Waals surface area contributed by atoms with Crippen LogP contribution < -0.4 is 15.4 Å². The number of benzene rings is 1. The smallest absolute Gasteiger partial charge is 0.253 e. The zero-order valence-corrected chi connectivity index (χ0v) is 10.3. The van der Waals surface area contributed by atoms with Crippen LogP contribution in [-0.4, -0.2) is 14.0 Å². The molecule has 0 bridgehead atoms. The molecule has 0 fully saturated rings. The second-order valence-electron chi connectivity index (χ2n) is 4.31. The summed E-state index contributed by atoms with van der Waals surface area (Å²) in [7, 11) is -3.59. The van der Waals surface area contributed by atoms with Crippen LogP contribution in [0.15, 0.2) is 29.2 Å². The lowest BCUT2D eigenvalue weighted by molar-refractivity contribution is 0.131. The molecule has 0 aliphatic carbocycles. The molecule has 0 atom stereocenters. The van der Waals surface area contributed by atoms with Crippen LogP contribution in [-0.2, 0) is 10.0 Å². The number of hydrogen-bond acceptors (Lipinski definition) is 4. The SMILES string of the molecule is CC(C)(C)Oc1ccc(S(=O)(=O)NN)cc1. The minimum Gasteiger partial charge on any atom is -0.488 e. The van der Waals surface area contributed by atoms with E-state index in [1.165, 1.54) is 12.1 Å². The number of rotatable bonds is 3. The zero-order chi connectivity index (χ0) is 12.4.